The van der Waals surface area contributed by atoms with E-state index in [-0.39, 0.29) is 0 Å². The van der Waals surface area contributed by atoms with Crippen LogP contribution in [0.25, 0.3) is 0 Å². The molecule has 0 aromatic heterocycles. The first-order valence-electron chi connectivity index (χ1n) is 6.51. The van der Waals surface area contributed by atoms with E-state index in [1.54, 1.807) is 0 Å². The van der Waals surface area contributed by atoms with E-state index in [0.717, 1.165) is 19.4 Å². The third kappa shape index (κ3) is 7.11. The van der Waals surface area contributed by atoms with E-state index < -0.39 is 0 Å². The number of rotatable bonds is 8. The third-order valence-electron chi connectivity index (χ3n) is 2.97. The van der Waals surface area contributed by atoms with Gasteiger partial charge in [0.05, 0.1) is 0 Å². The second-order valence-corrected chi connectivity index (χ2v) is 4.78. The Morgan fingerprint density at radius 1 is 1.47 bits per heavy atom. The van der Waals surface area contributed by atoms with E-state index in [0.29, 0.717) is 12.0 Å². The molecule has 0 aliphatic carbocycles. The first-order chi connectivity index (χ1) is 8.04. The van der Waals surface area contributed by atoms with E-state index in [4.69, 9.17) is 0 Å². The maximum atomic E-state index is 4.07. The summed E-state index contributed by atoms with van der Waals surface area (Å²) in [5, 5.41) is 3.57. The Bertz CT molecular complexity index is 277. The van der Waals surface area contributed by atoms with Crippen LogP contribution in [-0.2, 0) is 0 Å². The second kappa shape index (κ2) is 9.17. The maximum absolute atomic E-state index is 4.07. The van der Waals surface area contributed by atoms with Crippen LogP contribution in [0.2, 0.25) is 0 Å². The van der Waals surface area contributed by atoms with Crippen molar-refractivity contribution in [3.63, 3.8) is 0 Å². The summed E-state index contributed by atoms with van der Waals surface area (Å²) in [5.74, 6) is 0.618. The minimum Gasteiger partial charge on any atom is -0.310 e. The summed E-state index contributed by atoms with van der Waals surface area (Å²) in [5.41, 5.74) is 2.53. The van der Waals surface area contributed by atoms with Gasteiger partial charge in [0.15, 0.2) is 0 Å². The average Bonchev–Trinajstić information content (AvgIpc) is 2.28. The lowest BCUT2D eigenvalue weighted by Gasteiger charge is -2.20. The summed E-state index contributed by atoms with van der Waals surface area (Å²) in [4.78, 5) is 4.07. The summed E-state index contributed by atoms with van der Waals surface area (Å²) in [6, 6.07) is 0.450. The SMILES string of the molecule is C=C(C)C(CC)NCC(C)CC(/C=N\C)=C/C. The average molecular weight is 236 g/mol. The molecule has 0 radical (unpaired) electrons. The van der Waals surface area contributed by atoms with Crippen molar-refractivity contribution in [3.05, 3.63) is 23.8 Å². The molecular weight excluding hydrogens is 208 g/mol. The Hall–Kier alpha value is -0.890. The molecule has 0 spiro atoms. The number of aliphatic imine (C=N–C) groups is 1. The Balaban J connectivity index is 4.09. The summed E-state index contributed by atoms with van der Waals surface area (Å²) in [6.07, 6.45) is 6.27. The van der Waals surface area contributed by atoms with Crippen molar-refractivity contribution >= 4 is 6.21 Å². The number of allylic oxidation sites excluding steroid dienone is 2. The molecule has 17 heavy (non-hydrogen) atoms. The van der Waals surface area contributed by atoms with Gasteiger partial charge < -0.3 is 5.32 Å². The minimum atomic E-state index is 0.450. The van der Waals surface area contributed by atoms with Gasteiger partial charge in [0.25, 0.3) is 0 Å². The number of nitrogens with zero attached hydrogens (tertiary/aromatic N) is 1. The monoisotopic (exact) mass is 236 g/mol. The molecule has 2 unspecified atom stereocenters. The first-order valence-corrected chi connectivity index (χ1v) is 6.51. The van der Waals surface area contributed by atoms with Gasteiger partial charge in [-0.3, -0.25) is 4.99 Å². The lowest BCUT2D eigenvalue weighted by Crippen LogP contribution is -2.33. The van der Waals surface area contributed by atoms with Gasteiger partial charge >= 0.3 is 0 Å². The Labute approximate surface area is 107 Å². The highest BCUT2D eigenvalue weighted by Gasteiger charge is 2.09. The van der Waals surface area contributed by atoms with Gasteiger partial charge in [-0.15, -0.1) is 0 Å². The molecule has 98 valence electrons. The summed E-state index contributed by atoms with van der Waals surface area (Å²) in [6.45, 7) is 13.7. The van der Waals surface area contributed by atoms with Gasteiger partial charge in [-0.2, -0.15) is 0 Å². The molecular formula is C15H28N2. The van der Waals surface area contributed by atoms with Crippen molar-refractivity contribution in [2.75, 3.05) is 13.6 Å². The van der Waals surface area contributed by atoms with Crippen LogP contribution in [0.15, 0.2) is 28.8 Å². The number of hydrogen-bond acceptors (Lipinski definition) is 2. The molecule has 0 saturated heterocycles. The summed E-state index contributed by atoms with van der Waals surface area (Å²) < 4.78 is 0. The van der Waals surface area contributed by atoms with Crippen molar-refractivity contribution in [2.45, 2.75) is 46.6 Å². The van der Waals surface area contributed by atoms with Gasteiger partial charge in [0.1, 0.15) is 0 Å². The summed E-state index contributed by atoms with van der Waals surface area (Å²) >= 11 is 0. The van der Waals surface area contributed by atoms with Crippen LogP contribution < -0.4 is 5.32 Å². The zero-order valence-electron chi connectivity index (χ0n) is 12.1. The quantitative estimate of drug-likeness (QED) is 0.505. The molecule has 0 aromatic carbocycles. The maximum Gasteiger partial charge on any atom is 0.0277 e. The molecule has 0 saturated carbocycles. The Morgan fingerprint density at radius 3 is 2.53 bits per heavy atom. The van der Waals surface area contributed by atoms with E-state index >= 15 is 0 Å². The van der Waals surface area contributed by atoms with Gasteiger partial charge in [-0.1, -0.05) is 32.1 Å². The topological polar surface area (TPSA) is 24.4 Å². The highest BCUT2D eigenvalue weighted by molar-refractivity contribution is 5.78. The molecule has 2 heteroatoms. The molecule has 0 aromatic rings. The van der Waals surface area contributed by atoms with Crippen molar-refractivity contribution in [1.82, 2.24) is 5.32 Å². The van der Waals surface area contributed by atoms with Crippen molar-refractivity contribution in [1.29, 1.82) is 0 Å². The van der Waals surface area contributed by atoms with Gasteiger partial charge in [0, 0.05) is 19.3 Å². The highest BCUT2D eigenvalue weighted by atomic mass is 14.9. The first kappa shape index (κ1) is 16.1. The van der Waals surface area contributed by atoms with Crippen molar-refractivity contribution in [3.8, 4) is 0 Å². The molecule has 0 rings (SSSR count). The fraction of sp³-hybridized carbons (Fsp3) is 0.667. The van der Waals surface area contributed by atoms with Crippen molar-refractivity contribution < 1.29 is 0 Å². The molecule has 0 aliphatic rings. The normalized spacial score (nSPS) is 16.2. The van der Waals surface area contributed by atoms with Crippen LogP contribution in [0.1, 0.15) is 40.5 Å². The van der Waals surface area contributed by atoms with Gasteiger partial charge in [-0.25, -0.2) is 0 Å². The predicted octanol–water partition coefficient (Wildman–Crippen LogP) is 3.60. The fourth-order valence-electron chi connectivity index (χ4n) is 1.90. The molecule has 2 nitrogen and oxygen atoms in total. The molecule has 0 amide bonds. The van der Waals surface area contributed by atoms with Crippen LogP contribution >= 0.6 is 0 Å². The van der Waals surface area contributed by atoms with Crippen LogP contribution in [0.3, 0.4) is 0 Å². The minimum absolute atomic E-state index is 0.450. The highest BCUT2D eigenvalue weighted by Crippen LogP contribution is 2.10. The van der Waals surface area contributed by atoms with Crippen LogP contribution in [-0.4, -0.2) is 25.8 Å². The fourth-order valence-corrected chi connectivity index (χ4v) is 1.90. The molecule has 2 atom stereocenters. The molecule has 1 N–H and O–H groups in total. The lowest BCUT2D eigenvalue weighted by atomic mass is 10.00. The van der Waals surface area contributed by atoms with E-state index in [1.807, 2.05) is 13.3 Å². The molecule has 0 bridgehead atoms. The number of hydrogen-bond donors (Lipinski definition) is 1. The van der Waals surface area contributed by atoms with Crippen molar-refractivity contribution in [2.24, 2.45) is 10.9 Å². The largest absolute Gasteiger partial charge is 0.310 e. The summed E-state index contributed by atoms with van der Waals surface area (Å²) in [7, 11) is 1.82. The number of nitrogens with one attached hydrogen (secondary N) is 1. The molecule has 0 heterocycles. The predicted molar refractivity (Wildman–Crippen MR) is 78.8 cm³/mol. The molecule has 0 aliphatic heterocycles. The van der Waals surface area contributed by atoms with Crippen LogP contribution in [0, 0.1) is 5.92 Å². The van der Waals surface area contributed by atoms with Crippen LogP contribution in [0.4, 0.5) is 0 Å². The van der Waals surface area contributed by atoms with E-state index in [9.17, 15) is 0 Å². The molecule has 0 fully saturated rings. The smallest absolute Gasteiger partial charge is 0.0277 e. The van der Waals surface area contributed by atoms with Gasteiger partial charge in [-0.05, 0) is 44.7 Å². The Kier molecular flexibility index (Phi) is 8.69. The van der Waals surface area contributed by atoms with Gasteiger partial charge in [0.2, 0.25) is 0 Å². The third-order valence-corrected chi connectivity index (χ3v) is 2.97. The van der Waals surface area contributed by atoms with Crippen LogP contribution in [0.5, 0.6) is 0 Å². The Morgan fingerprint density at radius 2 is 2.12 bits per heavy atom. The lowest BCUT2D eigenvalue weighted by molar-refractivity contribution is 0.466. The standard InChI is InChI=1S/C15H28N2/c1-7-14(11-16-6)9-13(5)10-17-15(8-2)12(3)4/h7,11,13,15,17H,3,8-10H2,1-2,4-6H3/b14-7-,16-11-. The zero-order chi connectivity index (χ0) is 13.3. The zero-order valence-corrected chi connectivity index (χ0v) is 12.1. The van der Waals surface area contributed by atoms with E-state index in [1.165, 1.54) is 11.1 Å². The van der Waals surface area contributed by atoms with E-state index in [2.05, 4.69) is 50.7 Å². The second-order valence-electron chi connectivity index (χ2n) is 4.78.